The van der Waals surface area contributed by atoms with E-state index in [1.807, 2.05) is 47.7 Å². The number of carbonyl (C=O) groups is 4. The van der Waals surface area contributed by atoms with Crippen LogP contribution in [0.15, 0.2) is 11.6 Å². The SMILES string of the molecule is COC(=O)[C@@H]1CCCC1C(=O)/C(C)=C/[C@H](C(C)C)N(C)C(=O)C(NC(=O)[C@H]1CCCCN1C)C(C)(C)C. The monoisotopic (exact) mass is 519 g/mol. The van der Waals surface area contributed by atoms with Crippen molar-refractivity contribution in [1.29, 1.82) is 0 Å². The van der Waals surface area contributed by atoms with Crippen molar-refractivity contribution in [3.63, 3.8) is 0 Å². The van der Waals surface area contributed by atoms with Gasteiger partial charge >= 0.3 is 5.97 Å². The molecule has 210 valence electrons. The molecule has 1 saturated heterocycles. The first kappa shape index (κ1) is 31.0. The molecule has 5 atom stereocenters. The molecular weight excluding hydrogens is 470 g/mol. The van der Waals surface area contributed by atoms with Gasteiger partial charge in [0.05, 0.1) is 25.1 Å². The number of nitrogens with zero attached hydrogens (tertiary/aromatic N) is 2. The number of likely N-dealkylation sites (tertiary alicyclic amines) is 1. The first-order valence-electron chi connectivity index (χ1n) is 13.8. The topological polar surface area (TPSA) is 96.0 Å². The predicted molar refractivity (Wildman–Crippen MR) is 145 cm³/mol. The molecule has 37 heavy (non-hydrogen) atoms. The number of nitrogens with one attached hydrogen (secondary N) is 1. The van der Waals surface area contributed by atoms with Crippen LogP contribution in [0.4, 0.5) is 0 Å². The van der Waals surface area contributed by atoms with E-state index in [9.17, 15) is 19.2 Å². The highest BCUT2D eigenvalue weighted by atomic mass is 16.5. The summed E-state index contributed by atoms with van der Waals surface area (Å²) >= 11 is 0. The number of amides is 2. The van der Waals surface area contributed by atoms with Crippen LogP contribution in [0.5, 0.6) is 0 Å². The van der Waals surface area contributed by atoms with Crippen LogP contribution in [-0.2, 0) is 23.9 Å². The minimum atomic E-state index is -0.704. The lowest BCUT2D eigenvalue weighted by Gasteiger charge is -2.39. The Morgan fingerprint density at radius 2 is 1.65 bits per heavy atom. The zero-order valence-electron chi connectivity index (χ0n) is 24.4. The van der Waals surface area contributed by atoms with Gasteiger partial charge in [0.15, 0.2) is 5.78 Å². The summed E-state index contributed by atoms with van der Waals surface area (Å²) in [6.45, 7) is 12.5. The number of esters is 1. The summed E-state index contributed by atoms with van der Waals surface area (Å²) in [6, 6.07) is -1.27. The van der Waals surface area contributed by atoms with Crippen LogP contribution in [-0.4, -0.2) is 79.2 Å². The van der Waals surface area contributed by atoms with Gasteiger partial charge in [0.2, 0.25) is 11.8 Å². The molecule has 0 aromatic rings. The average Bonchev–Trinajstić information content (AvgIpc) is 3.33. The molecule has 0 aromatic carbocycles. The van der Waals surface area contributed by atoms with E-state index in [-0.39, 0.29) is 47.5 Å². The molecule has 1 aliphatic carbocycles. The molecule has 0 bridgehead atoms. The lowest BCUT2D eigenvalue weighted by molar-refractivity contribution is -0.148. The summed E-state index contributed by atoms with van der Waals surface area (Å²) in [4.78, 5) is 56.3. The molecule has 1 saturated carbocycles. The van der Waals surface area contributed by atoms with E-state index in [0.29, 0.717) is 18.4 Å². The highest BCUT2D eigenvalue weighted by molar-refractivity contribution is 5.99. The predicted octanol–water partition coefficient (Wildman–Crippen LogP) is 3.59. The average molecular weight is 520 g/mol. The minimum Gasteiger partial charge on any atom is -0.469 e. The Labute approximate surface area is 223 Å². The number of allylic oxidation sites excluding steroid dienone is 1. The highest BCUT2D eigenvalue weighted by Gasteiger charge is 2.41. The normalized spacial score (nSPS) is 24.9. The van der Waals surface area contributed by atoms with Crippen LogP contribution < -0.4 is 5.32 Å². The maximum Gasteiger partial charge on any atom is 0.309 e. The van der Waals surface area contributed by atoms with Crippen molar-refractivity contribution in [3.05, 3.63) is 11.6 Å². The van der Waals surface area contributed by atoms with Crippen molar-refractivity contribution < 1.29 is 23.9 Å². The molecule has 1 heterocycles. The van der Waals surface area contributed by atoms with Gasteiger partial charge in [0.25, 0.3) is 0 Å². The van der Waals surface area contributed by atoms with Gasteiger partial charge in [-0.15, -0.1) is 0 Å². The van der Waals surface area contributed by atoms with Gasteiger partial charge in [-0.05, 0) is 63.1 Å². The fraction of sp³-hybridized carbons (Fsp3) is 0.793. The molecule has 2 aliphatic rings. The van der Waals surface area contributed by atoms with E-state index in [4.69, 9.17) is 4.74 Å². The molecule has 1 N–H and O–H groups in total. The summed E-state index contributed by atoms with van der Waals surface area (Å²) in [5.74, 6) is -1.42. The highest BCUT2D eigenvalue weighted by Crippen LogP contribution is 2.35. The summed E-state index contributed by atoms with van der Waals surface area (Å²) in [5.41, 5.74) is 0.0569. The Morgan fingerprint density at radius 3 is 2.19 bits per heavy atom. The van der Waals surface area contributed by atoms with Crippen molar-refractivity contribution in [3.8, 4) is 0 Å². The van der Waals surface area contributed by atoms with Gasteiger partial charge < -0.3 is 15.0 Å². The van der Waals surface area contributed by atoms with Gasteiger partial charge in [-0.1, -0.05) is 53.5 Å². The third-order valence-corrected chi connectivity index (χ3v) is 8.12. The number of likely N-dealkylation sites (N-methyl/N-ethyl adjacent to an activating group) is 2. The van der Waals surface area contributed by atoms with E-state index in [1.54, 1.807) is 18.9 Å². The number of methoxy groups -OCH3 is 1. The number of ketones is 1. The Balaban J connectivity index is 2.25. The quantitative estimate of drug-likeness (QED) is 0.369. The van der Waals surface area contributed by atoms with E-state index >= 15 is 0 Å². The zero-order valence-corrected chi connectivity index (χ0v) is 24.4. The third kappa shape index (κ3) is 7.65. The first-order valence-corrected chi connectivity index (χ1v) is 13.8. The van der Waals surface area contributed by atoms with Crippen LogP contribution in [0, 0.1) is 23.2 Å². The van der Waals surface area contributed by atoms with E-state index < -0.39 is 17.4 Å². The van der Waals surface area contributed by atoms with Gasteiger partial charge in [-0.2, -0.15) is 0 Å². The van der Waals surface area contributed by atoms with Crippen LogP contribution in [0.1, 0.15) is 80.1 Å². The number of ether oxygens (including phenoxy) is 1. The molecule has 0 aromatic heterocycles. The minimum absolute atomic E-state index is 0.0393. The Bertz CT molecular complexity index is 875. The van der Waals surface area contributed by atoms with Crippen molar-refractivity contribution in [2.45, 2.75) is 98.2 Å². The second-order valence-corrected chi connectivity index (χ2v) is 12.4. The molecule has 0 spiro atoms. The molecule has 2 rings (SSSR count). The van der Waals surface area contributed by atoms with Gasteiger partial charge in [-0.25, -0.2) is 0 Å². The fourth-order valence-corrected chi connectivity index (χ4v) is 5.73. The van der Waals surface area contributed by atoms with Crippen LogP contribution in [0.3, 0.4) is 0 Å². The van der Waals surface area contributed by atoms with Crippen LogP contribution in [0.25, 0.3) is 0 Å². The van der Waals surface area contributed by atoms with Crippen molar-refractivity contribution in [2.75, 3.05) is 27.7 Å². The molecule has 8 heteroatoms. The van der Waals surface area contributed by atoms with Gasteiger partial charge in [0, 0.05) is 13.0 Å². The van der Waals surface area contributed by atoms with Gasteiger partial charge in [-0.3, -0.25) is 24.1 Å². The van der Waals surface area contributed by atoms with E-state index in [1.165, 1.54) is 7.11 Å². The maximum absolute atomic E-state index is 13.8. The van der Waals surface area contributed by atoms with Crippen molar-refractivity contribution in [1.82, 2.24) is 15.1 Å². The number of carbonyl (C=O) groups excluding carboxylic acids is 4. The molecule has 8 nitrogen and oxygen atoms in total. The van der Waals surface area contributed by atoms with Crippen molar-refractivity contribution >= 4 is 23.6 Å². The molecule has 2 unspecified atom stereocenters. The van der Waals surface area contributed by atoms with Crippen molar-refractivity contribution in [2.24, 2.45) is 23.2 Å². The fourth-order valence-electron chi connectivity index (χ4n) is 5.73. The summed E-state index contributed by atoms with van der Waals surface area (Å²) in [6.07, 6.45) is 6.86. The third-order valence-electron chi connectivity index (χ3n) is 8.12. The Morgan fingerprint density at radius 1 is 1.03 bits per heavy atom. The Kier molecular flexibility index (Phi) is 10.9. The Hall–Kier alpha value is -2.22. The second-order valence-electron chi connectivity index (χ2n) is 12.4. The largest absolute Gasteiger partial charge is 0.469 e. The van der Waals surface area contributed by atoms with E-state index in [2.05, 4.69) is 10.2 Å². The second kappa shape index (κ2) is 13.0. The smallest absolute Gasteiger partial charge is 0.309 e. The molecule has 2 fully saturated rings. The molecule has 2 amide bonds. The number of hydrogen-bond donors (Lipinski definition) is 1. The molecular formula is C29H49N3O5. The van der Waals surface area contributed by atoms with E-state index in [0.717, 1.165) is 32.2 Å². The number of rotatable bonds is 9. The van der Waals surface area contributed by atoms with Crippen LogP contribution >= 0.6 is 0 Å². The molecule has 0 radical (unpaired) electrons. The summed E-state index contributed by atoms with van der Waals surface area (Å²) in [7, 11) is 5.06. The summed E-state index contributed by atoms with van der Waals surface area (Å²) in [5, 5.41) is 3.07. The first-order chi connectivity index (χ1) is 17.2. The van der Waals surface area contributed by atoms with Crippen LogP contribution in [0.2, 0.25) is 0 Å². The molecule has 1 aliphatic heterocycles. The lowest BCUT2D eigenvalue weighted by Crippen LogP contribution is -2.59. The van der Waals surface area contributed by atoms with Gasteiger partial charge in [0.1, 0.15) is 6.04 Å². The zero-order chi connectivity index (χ0) is 28.1. The number of piperidine rings is 1. The summed E-state index contributed by atoms with van der Waals surface area (Å²) < 4.78 is 4.92. The standard InChI is InChI=1S/C29H49N3O5/c1-18(2)23(17-19(3)24(33)20-13-12-14-21(20)28(36)37-9)32(8)27(35)25(29(4,5)6)30-26(34)22-15-10-11-16-31(22)7/h17-18,20-23,25H,10-16H2,1-9H3,(H,30,34)/b19-17+/t20?,21-,22-,23-,25?/m1/s1. The lowest BCUT2D eigenvalue weighted by atomic mass is 9.84. The maximum atomic E-state index is 13.8. The number of Topliss-reactive ketones (excluding diaryl/α,β-unsaturated/α-hetero) is 1. The number of hydrogen-bond acceptors (Lipinski definition) is 6.